The predicted molar refractivity (Wildman–Crippen MR) is 69.3 cm³/mol. The van der Waals surface area contributed by atoms with Crippen LogP contribution in [0.4, 0.5) is 5.69 Å². The van der Waals surface area contributed by atoms with Crippen molar-refractivity contribution >= 4 is 11.6 Å². The summed E-state index contributed by atoms with van der Waals surface area (Å²) in [4.78, 5) is 13.5. The molecule has 1 rings (SSSR count). The third kappa shape index (κ3) is 3.75. The van der Waals surface area contributed by atoms with Crippen molar-refractivity contribution in [2.45, 2.75) is 19.8 Å². The van der Waals surface area contributed by atoms with E-state index in [1.54, 1.807) is 12.0 Å². The molecule has 0 aliphatic carbocycles. The van der Waals surface area contributed by atoms with Gasteiger partial charge in [0.05, 0.1) is 13.7 Å². The molecule has 17 heavy (non-hydrogen) atoms. The monoisotopic (exact) mass is 236 g/mol. The van der Waals surface area contributed by atoms with Gasteiger partial charge in [-0.15, -0.1) is 0 Å². The van der Waals surface area contributed by atoms with Crippen LogP contribution in [0.25, 0.3) is 0 Å². The maximum absolute atomic E-state index is 11.8. The van der Waals surface area contributed by atoms with Gasteiger partial charge < -0.3 is 15.4 Å². The summed E-state index contributed by atoms with van der Waals surface area (Å²) in [6.45, 7) is 2.82. The van der Waals surface area contributed by atoms with Crippen LogP contribution in [0.15, 0.2) is 24.3 Å². The standard InChI is InChI=1S/C13H20N2O2/c1-3-4-8-15(13(16)10-14)11-6-5-7-12(9-11)17-2/h5-7,9H,3-4,8,10,14H2,1-2H3. The Balaban J connectivity index is 2.90. The lowest BCUT2D eigenvalue weighted by Crippen LogP contribution is -2.36. The van der Waals surface area contributed by atoms with Gasteiger partial charge in [0.2, 0.25) is 5.91 Å². The maximum atomic E-state index is 11.8. The van der Waals surface area contributed by atoms with Crippen LogP contribution in [0.5, 0.6) is 5.75 Å². The van der Waals surface area contributed by atoms with Gasteiger partial charge in [0.25, 0.3) is 0 Å². The molecule has 0 aliphatic rings. The van der Waals surface area contributed by atoms with E-state index >= 15 is 0 Å². The van der Waals surface area contributed by atoms with E-state index in [0.717, 1.165) is 24.3 Å². The molecule has 4 heteroatoms. The van der Waals surface area contributed by atoms with Crippen molar-refractivity contribution in [3.05, 3.63) is 24.3 Å². The summed E-state index contributed by atoms with van der Waals surface area (Å²) in [6, 6.07) is 7.47. The molecule has 0 radical (unpaired) electrons. The number of amides is 1. The molecule has 1 amide bonds. The molecule has 0 spiro atoms. The molecule has 1 aromatic rings. The van der Waals surface area contributed by atoms with Gasteiger partial charge >= 0.3 is 0 Å². The highest BCUT2D eigenvalue weighted by Gasteiger charge is 2.13. The molecule has 0 fully saturated rings. The maximum Gasteiger partial charge on any atom is 0.240 e. The average molecular weight is 236 g/mol. The molecule has 2 N–H and O–H groups in total. The van der Waals surface area contributed by atoms with E-state index < -0.39 is 0 Å². The number of nitrogens with zero attached hydrogens (tertiary/aromatic N) is 1. The van der Waals surface area contributed by atoms with Gasteiger partial charge in [0.15, 0.2) is 0 Å². The lowest BCUT2D eigenvalue weighted by Gasteiger charge is -2.22. The van der Waals surface area contributed by atoms with Crippen LogP contribution in [-0.2, 0) is 4.79 Å². The lowest BCUT2D eigenvalue weighted by molar-refractivity contribution is -0.117. The fraction of sp³-hybridized carbons (Fsp3) is 0.462. The Bertz CT molecular complexity index is 366. The van der Waals surface area contributed by atoms with Crippen molar-refractivity contribution < 1.29 is 9.53 Å². The number of carbonyl (C=O) groups is 1. The van der Waals surface area contributed by atoms with E-state index in [0.29, 0.717) is 6.54 Å². The number of carbonyl (C=O) groups excluding carboxylic acids is 1. The first-order valence-corrected chi connectivity index (χ1v) is 5.87. The zero-order valence-corrected chi connectivity index (χ0v) is 10.5. The number of anilines is 1. The molecule has 0 aliphatic heterocycles. The Kier molecular flexibility index (Phi) is 5.49. The minimum absolute atomic E-state index is 0.0287. The zero-order valence-electron chi connectivity index (χ0n) is 10.5. The first-order valence-electron chi connectivity index (χ1n) is 5.87. The van der Waals surface area contributed by atoms with Crippen molar-refractivity contribution in [3.63, 3.8) is 0 Å². The molecule has 4 nitrogen and oxygen atoms in total. The quantitative estimate of drug-likeness (QED) is 0.819. The van der Waals surface area contributed by atoms with E-state index in [2.05, 4.69) is 6.92 Å². The topological polar surface area (TPSA) is 55.6 Å². The molecule has 94 valence electrons. The summed E-state index contributed by atoms with van der Waals surface area (Å²) in [5, 5.41) is 0. The summed E-state index contributed by atoms with van der Waals surface area (Å²) >= 11 is 0. The molecular formula is C13H20N2O2. The summed E-state index contributed by atoms with van der Waals surface area (Å²) in [5.41, 5.74) is 6.27. The van der Waals surface area contributed by atoms with Gasteiger partial charge in [-0.1, -0.05) is 19.4 Å². The van der Waals surface area contributed by atoms with Crippen LogP contribution in [0.3, 0.4) is 0 Å². The van der Waals surface area contributed by atoms with Crippen molar-refractivity contribution in [2.24, 2.45) is 5.73 Å². The summed E-state index contributed by atoms with van der Waals surface area (Å²) < 4.78 is 5.15. The number of methoxy groups -OCH3 is 1. The second-order valence-electron chi connectivity index (χ2n) is 3.80. The van der Waals surface area contributed by atoms with Crippen molar-refractivity contribution in [2.75, 3.05) is 25.1 Å². The largest absolute Gasteiger partial charge is 0.497 e. The molecule has 0 aromatic heterocycles. The Morgan fingerprint density at radius 1 is 1.47 bits per heavy atom. The van der Waals surface area contributed by atoms with Crippen LogP contribution in [0.2, 0.25) is 0 Å². The first-order chi connectivity index (χ1) is 8.22. The highest BCUT2D eigenvalue weighted by Crippen LogP contribution is 2.21. The minimum atomic E-state index is -0.0632. The number of benzene rings is 1. The lowest BCUT2D eigenvalue weighted by atomic mass is 10.2. The molecule has 0 saturated heterocycles. The van der Waals surface area contributed by atoms with E-state index in [1.165, 1.54) is 0 Å². The summed E-state index contributed by atoms with van der Waals surface area (Å²) in [6.07, 6.45) is 2.00. The van der Waals surface area contributed by atoms with Gasteiger partial charge in [0, 0.05) is 18.3 Å². The van der Waals surface area contributed by atoms with Crippen LogP contribution >= 0.6 is 0 Å². The number of ether oxygens (including phenoxy) is 1. The molecule has 0 bridgehead atoms. The fourth-order valence-corrected chi connectivity index (χ4v) is 1.60. The Morgan fingerprint density at radius 3 is 2.82 bits per heavy atom. The van der Waals surface area contributed by atoms with Gasteiger partial charge in [0.1, 0.15) is 5.75 Å². The number of nitrogens with two attached hydrogens (primary N) is 1. The third-order valence-electron chi connectivity index (χ3n) is 2.58. The second-order valence-corrected chi connectivity index (χ2v) is 3.80. The molecule has 0 heterocycles. The van der Waals surface area contributed by atoms with E-state index in [1.807, 2.05) is 24.3 Å². The normalized spacial score (nSPS) is 10.1. The van der Waals surface area contributed by atoms with Crippen molar-refractivity contribution in [1.82, 2.24) is 0 Å². The number of hydrogen-bond acceptors (Lipinski definition) is 3. The number of rotatable bonds is 6. The first kappa shape index (κ1) is 13.5. The molecule has 0 unspecified atom stereocenters. The van der Waals surface area contributed by atoms with Crippen molar-refractivity contribution in [1.29, 1.82) is 0 Å². The smallest absolute Gasteiger partial charge is 0.240 e. The Morgan fingerprint density at radius 2 is 2.24 bits per heavy atom. The molecule has 0 atom stereocenters. The van der Waals surface area contributed by atoms with Crippen LogP contribution < -0.4 is 15.4 Å². The fourth-order valence-electron chi connectivity index (χ4n) is 1.60. The second kappa shape index (κ2) is 6.91. The van der Waals surface area contributed by atoms with Crippen LogP contribution in [0.1, 0.15) is 19.8 Å². The number of hydrogen-bond donors (Lipinski definition) is 1. The van der Waals surface area contributed by atoms with Gasteiger partial charge in [-0.25, -0.2) is 0 Å². The highest BCUT2D eigenvalue weighted by atomic mass is 16.5. The third-order valence-corrected chi connectivity index (χ3v) is 2.58. The van der Waals surface area contributed by atoms with Crippen molar-refractivity contribution in [3.8, 4) is 5.75 Å². The minimum Gasteiger partial charge on any atom is -0.497 e. The van der Waals surface area contributed by atoms with Crippen LogP contribution in [-0.4, -0.2) is 26.1 Å². The molecule has 1 aromatic carbocycles. The number of unbranched alkanes of at least 4 members (excludes halogenated alkanes) is 1. The highest BCUT2D eigenvalue weighted by molar-refractivity contribution is 5.94. The van der Waals surface area contributed by atoms with Crippen LogP contribution in [0, 0.1) is 0 Å². The Hall–Kier alpha value is -1.55. The average Bonchev–Trinajstić information content (AvgIpc) is 2.39. The van der Waals surface area contributed by atoms with Gasteiger partial charge in [-0.05, 0) is 18.6 Å². The van der Waals surface area contributed by atoms with Gasteiger partial charge in [-0.3, -0.25) is 4.79 Å². The van der Waals surface area contributed by atoms with E-state index in [4.69, 9.17) is 10.5 Å². The van der Waals surface area contributed by atoms with E-state index in [9.17, 15) is 4.79 Å². The molecule has 0 saturated carbocycles. The Labute approximate surface area is 102 Å². The SMILES string of the molecule is CCCCN(C(=O)CN)c1cccc(OC)c1. The summed E-state index contributed by atoms with van der Waals surface area (Å²) in [7, 11) is 1.61. The predicted octanol–water partition coefficient (Wildman–Crippen LogP) is 1.79. The summed E-state index contributed by atoms with van der Waals surface area (Å²) in [5.74, 6) is 0.681. The van der Waals surface area contributed by atoms with E-state index in [-0.39, 0.29) is 12.5 Å². The molecular weight excluding hydrogens is 216 g/mol. The van der Waals surface area contributed by atoms with Gasteiger partial charge in [-0.2, -0.15) is 0 Å². The zero-order chi connectivity index (χ0) is 12.7.